The van der Waals surface area contributed by atoms with Crippen molar-refractivity contribution in [3.63, 3.8) is 0 Å². The first-order valence-corrected chi connectivity index (χ1v) is 13.7. The minimum absolute atomic E-state index is 0.0890. The summed E-state index contributed by atoms with van der Waals surface area (Å²) in [5.41, 5.74) is 0.217. The predicted octanol–water partition coefficient (Wildman–Crippen LogP) is 6.34. The predicted molar refractivity (Wildman–Crippen MR) is 142 cm³/mol. The fraction of sp³-hybridized carbons (Fsp3) is 0.286. The second-order valence-electron chi connectivity index (χ2n) is 9.21. The number of carbonyl (C=O) groups excluding carboxylic acids is 2. The molecule has 3 rings (SSSR count). The fourth-order valence-electron chi connectivity index (χ4n) is 3.69. The quantitative estimate of drug-likeness (QED) is 0.223. The number of urea groups is 1. The lowest BCUT2D eigenvalue weighted by Crippen LogP contribution is -2.37. The molecule has 0 heterocycles. The molecule has 0 aliphatic rings. The van der Waals surface area contributed by atoms with Crippen LogP contribution in [0.5, 0.6) is 5.75 Å². The Morgan fingerprint density at radius 1 is 0.975 bits per heavy atom. The van der Waals surface area contributed by atoms with Gasteiger partial charge in [-0.15, -0.1) is 0 Å². The topological polar surface area (TPSA) is 102 Å². The largest absolute Gasteiger partial charge is 0.462 e. The molecule has 2 amide bonds. The van der Waals surface area contributed by atoms with Crippen LogP contribution in [0.15, 0.2) is 77.7 Å². The Bertz CT molecular complexity index is 1440. The maximum atomic E-state index is 13.1. The molecule has 12 heteroatoms. The van der Waals surface area contributed by atoms with Gasteiger partial charge in [0.15, 0.2) is 0 Å². The molecule has 0 bridgehead atoms. The molecule has 40 heavy (non-hydrogen) atoms. The summed E-state index contributed by atoms with van der Waals surface area (Å²) < 4.78 is 74.5. The van der Waals surface area contributed by atoms with E-state index in [1.165, 1.54) is 35.2 Å². The molecule has 0 radical (unpaired) electrons. The Balaban J connectivity index is 1.75. The Hall–Kier alpha value is -4.06. The standard InChI is InChI=1S/C28H29F3N2O6S/c1-4-38-26(34)21-11-13-23(14-12-21)32-27(35)33(17-19(2)3)18-20-7-5-9-24(15-20)39-40(36,37)25-10-6-8-22(16-25)28(29,30)31/h5-16,19H,4,17-18H2,1-3H3,(H,32,35). The van der Waals surface area contributed by atoms with Crippen molar-refractivity contribution in [2.75, 3.05) is 18.5 Å². The zero-order valence-electron chi connectivity index (χ0n) is 22.1. The van der Waals surface area contributed by atoms with E-state index in [0.29, 0.717) is 29.4 Å². The molecule has 0 aliphatic heterocycles. The van der Waals surface area contributed by atoms with E-state index in [9.17, 15) is 31.2 Å². The molecule has 0 spiro atoms. The van der Waals surface area contributed by atoms with Crippen LogP contribution in [0.3, 0.4) is 0 Å². The molecular weight excluding hydrogens is 549 g/mol. The van der Waals surface area contributed by atoms with Crippen LogP contribution in [0.4, 0.5) is 23.7 Å². The first-order valence-electron chi connectivity index (χ1n) is 12.3. The molecule has 214 valence electrons. The molecular formula is C28H29F3N2O6S. The second-order valence-corrected chi connectivity index (χ2v) is 10.8. The lowest BCUT2D eigenvalue weighted by Gasteiger charge is -2.25. The average molecular weight is 579 g/mol. The number of benzene rings is 3. The summed E-state index contributed by atoms with van der Waals surface area (Å²) in [5, 5.41) is 2.77. The van der Waals surface area contributed by atoms with Gasteiger partial charge in [0.25, 0.3) is 0 Å². The minimum Gasteiger partial charge on any atom is -0.462 e. The van der Waals surface area contributed by atoms with Crippen molar-refractivity contribution in [2.45, 2.75) is 38.4 Å². The molecule has 0 unspecified atom stereocenters. The fourth-order valence-corrected chi connectivity index (χ4v) is 4.66. The number of nitrogens with one attached hydrogen (secondary N) is 1. The zero-order chi connectivity index (χ0) is 29.5. The van der Waals surface area contributed by atoms with Crippen molar-refractivity contribution in [3.05, 3.63) is 89.5 Å². The molecule has 0 saturated carbocycles. The first kappa shape index (κ1) is 30.5. The van der Waals surface area contributed by atoms with Crippen LogP contribution in [0.2, 0.25) is 0 Å². The summed E-state index contributed by atoms with van der Waals surface area (Å²) in [6, 6.07) is 15.0. The van der Waals surface area contributed by atoms with E-state index in [1.807, 2.05) is 13.8 Å². The van der Waals surface area contributed by atoms with Crippen LogP contribution in [0, 0.1) is 5.92 Å². The van der Waals surface area contributed by atoms with Crippen molar-refractivity contribution >= 4 is 27.8 Å². The molecule has 0 aromatic heterocycles. The van der Waals surface area contributed by atoms with Gasteiger partial charge in [-0.3, -0.25) is 0 Å². The van der Waals surface area contributed by atoms with Gasteiger partial charge in [-0.2, -0.15) is 21.6 Å². The zero-order valence-corrected chi connectivity index (χ0v) is 22.9. The molecule has 3 aromatic rings. The smallest absolute Gasteiger partial charge is 0.416 e. The van der Waals surface area contributed by atoms with Crippen molar-refractivity contribution in [1.29, 1.82) is 0 Å². The highest BCUT2D eigenvalue weighted by Crippen LogP contribution is 2.31. The maximum Gasteiger partial charge on any atom is 0.416 e. The van der Waals surface area contributed by atoms with Gasteiger partial charge in [0.05, 0.1) is 17.7 Å². The average Bonchev–Trinajstić information content (AvgIpc) is 2.88. The number of amides is 2. The maximum absolute atomic E-state index is 13.1. The number of alkyl halides is 3. The SMILES string of the molecule is CCOC(=O)c1ccc(NC(=O)N(Cc2cccc(OS(=O)(=O)c3cccc(C(F)(F)F)c3)c2)CC(C)C)cc1. The number of carbonyl (C=O) groups is 2. The van der Waals surface area contributed by atoms with E-state index in [0.717, 1.165) is 18.2 Å². The Kier molecular flexibility index (Phi) is 9.80. The van der Waals surface area contributed by atoms with E-state index in [2.05, 4.69) is 5.32 Å². The third-order valence-electron chi connectivity index (χ3n) is 5.45. The van der Waals surface area contributed by atoms with E-state index < -0.39 is 38.8 Å². The molecule has 0 saturated heterocycles. The number of ether oxygens (including phenoxy) is 1. The van der Waals surface area contributed by atoms with Gasteiger partial charge in [-0.1, -0.05) is 32.0 Å². The highest BCUT2D eigenvalue weighted by Gasteiger charge is 2.32. The van der Waals surface area contributed by atoms with Gasteiger partial charge in [0, 0.05) is 18.8 Å². The van der Waals surface area contributed by atoms with Gasteiger partial charge < -0.3 is 19.1 Å². The lowest BCUT2D eigenvalue weighted by atomic mass is 10.1. The molecule has 1 N–H and O–H groups in total. The van der Waals surface area contributed by atoms with Crippen molar-refractivity contribution in [1.82, 2.24) is 4.90 Å². The Morgan fingerprint density at radius 3 is 2.27 bits per heavy atom. The van der Waals surface area contributed by atoms with E-state index in [4.69, 9.17) is 8.92 Å². The summed E-state index contributed by atoms with van der Waals surface area (Å²) in [5.74, 6) is -0.494. The van der Waals surface area contributed by atoms with Crippen molar-refractivity contribution in [3.8, 4) is 5.75 Å². The van der Waals surface area contributed by atoms with Crippen LogP contribution < -0.4 is 9.50 Å². The first-order chi connectivity index (χ1) is 18.8. The van der Waals surface area contributed by atoms with Gasteiger partial charge in [0.2, 0.25) is 0 Å². The Morgan fingerprint density at radius 2 is 1.65 bits per heavy atom. The van der Waals surface area contributed by atoms with E-state index >= 15 is 0 Å². The molecule has 0 atom stereocenters. The summed E-state index contributed by atoms with van der Waals surface area (Å²) in [6.07, 6.45) is -4.71. The number of hydrogen-bond donors (Lipinski definition) is 1. The van der Waals surface area contributed by atoms with Crippen molar-refractivity contribution < 1.29 is 40.1 Å². The highest BCUT2D eigenvalue weighted by atomic mass is 32.2. The summed E-state index contributed by atoms with van der Waals surface area (Å²) in [4.78, 5) is 25.8. The summed E-state index contributed by atoms with van der Waals surface area (Å²) in [7, 11) is -4.56. The van der Waals surface area contributed by atoms with Gasteiger partial charge in [0.1, 0.15) is 10.6 Å². The van der Waals surface area contributed by atoms with E-state index in [-0.39, 0.29) is 24.8 Å². The third kappa shape index (κ3) is 8.47. The van der Waals surface area contributed by atoms with Crippen LogP contribution in [-0.2, 0) is 27.6 Å². The van der Waals surface area contributed by atoms with Crippen molar-refractivity contribution in [2.24, 2.45) is 5.92 Å². The van der Waals surface area contributed by atoms with Gasteiger partial charge >= 0.3 is 28.3 Å². The number of esters is 1. The normalized spacial score (nSPS) is 11.7. The molecule has 0 aliphatic carbocycles. The summed E-state index contributed by atoms with van der Waals surface area (Å²) in [6.45, 7) is 6.25. The summed E-state index contributed by atoms with van der Waals surface area (Å²) >= 11 is 0. The number of nitrogens with zero attached hydrogens (tertiary/aromatic N) is 1. The number of anilines is 1. The van der Waals surface area contributed by atoms with Gasteiger partial charge in [-0.25, -0.2) is 9.59 Å². The van der Waals surface area contributed by atoms with E-state index in [1.54, 1.807) is 25.1 Å². The van der Waals surface area contributed by atoms with Crippen LogP contribution in [0.25, 0.3) is 0 Å². The van der Waals surface area contributed by atoms with Crippen LogP contribution >= 0.6 is 0 Å². The Labute approximate surface area is 230 Å². The molecule has 3 aromatic carbocycles. The number of halogens is 3. The highest BCUT2D eigenvalue weighted by molar-refractivity contribution is 7.87. The minimum atomic E-state index is -4.71. The second kappa shape index (κ2) is 12.9. The molecule has 0 fully saturated rings. The van der Waals surface area contributed by atoms with Gasteiger partial charge in [-0.05, 0) is 73.0 Å². The monoisotopic (exact) mass is 578 g/mol. The third-order valence-corrected chi connectivity index (χ3v) is 6.69. The lowest BCUT2D eigenvalue weighted by molar-refractivity contribution is -0.137. The number of hydrogen-bond acceptors (Lipinski definition) is 6. The van der Waals surface area contributed by atoms with Crippen LogP contribution in [0.1, 0.15) is 42.3 Å². The molecule has 8 nitrogen and oxygen atoms in total. The number of rotatable bonds is 10. The van der Waals surface area contributed by atoms with Crippen LogP contribution in [-0.4, -0.2) is 38.5 Å².